The highest BCUT2D eigenvalue weighted by Crippen LogP contribution is 2.37. The lowest BCUT2D eigenvalue weighted by Crippen LogP contribution is -2.29. The lowest BCUT2D eigenvalue weighted by Gasteiger charge is -2.19. The molecule has 4 rings (SSSR count). The number of hydrogen-bond acceptors (Lipinski definition) is 4. The van der Waals surface area contributed by atoms with Gasteiger partial charge < -0.3 is 18.9 Å². The van der Waals surface area contributed by atoms with E-state index in [9.17, 15) is 0 Å². The minimum atomic E-state index is 0.304. The zero-order chi connectivity index (χ0) is 10.5. The summed E-state index contributed by atoms with van der Waals surface area (Å²) in [6.07, 6.45) is 6.59. The van der Waals surface area contributed by atoms with E-state index in [0.29, 0.717) is 36.6 Å². The summed E-state index contributed by atoms with van der Waals surface area (Å²) in [5.74, 6) is 0. The second kappa shape index (κ2) is 3.67. The molecular weight excluding hydrogens is 208 g/mol. The smallest absolute Gasteiger partial charge is 0.107 e. The SMILES string of the molecule is C1O[C@@H]1[C@H]1CC[C@H]([C@H]2CC[C@H]([C@@H]3CO3)O2)O1. The van der Waals surface area contributed by atoms with Gasteiger partial charge in [-0.1, -0.05) is 0 Å². The number of epoxide rings is 2. The molecule has 0 aliphatic carbocycles. The summed E-state index contributed by atoms with van der Waals surface area (Å²) in [6.45, 7) is 1.78. The number of ether oxygens (including phenoxy) is 4. The second-order valence-electron chi connectivity index (χ2n) is 5.32. The highest BCUT2D eigenvalue weighted by molar-refractivity contribution is 4.93. The molecule has 4 aliphatic heterocycles. The van der Waals surface area contributed by atoms with Gasteiger partial charge in [0.05, 0.1) is 37.6 Å². The second-order valence-corrected chi connectivity index (χ2v) is 5.32. The van der Waals surface area contributed by atoms with E-state index in [4.69, 9.17) is 18.9 Å². The fourth-order valence-electron chi connectivity index (χ4n) is 3.01. The quantitative estimate of drug-likeness (QED) is 0.670. The molecule has 4 heterocycles. The van der Waals surface area contributed by atoms with Crippen molar-refractivity contribution in [2.24, 2.45) is 0 Å². The Kier molecular flexibility index (Phi) is 2.25. The lowest BCUT2D eigenvalue weighted by molar-refractivity contribution is -0.0732. The van der Waals surface area contributed by atoms with Gasteiger partial charge in [0, 0.05) is 0 Å². The molecular formula is C12H18O4. The Bertz CT molecular complexity index is 246. The monoisotopic (exact) mass is 226 g/mol. The number of hydrogen-bond donors (Lipinski definition) is 0. The van der Waals surface area contributed by atoms with Crippen molar-refractivity contribution in [3.8, 4) is 0 Å². The standard InChI is InChI=1S/C12H18O4/c1-3-9(11-5-13-11)15-7(1)8-2-4-10(16-8)12-6-14-12/h7-12H,1-6H2/t7-,8-,9-,10-,11+,12+/m1/s1. The predicted molar refractivity (Wildman–Crippen MR) is 55.3 cm³/mol. The van der Waals surface area contributed by atoms with Gasteiger partial charge in [0.25, 0.3) is 0 Å². The molecule has 6 atom stereocenters. The third-order valence-corrected chi connectivity index (χ3v) is 4.13. The molecule has 4 saturated heterocycles. The van der Waals surface area contributed by atoms with E-state index in [-0.39, 0.29) is 0 Å². The fourth-order valence-corrected chi connectivity index (χ4v) is 3.01. The van der Waals surface area contributed by atoms with Crippen LogP contribution in [-0.2, 0) is 18.9 Å². The summed E-state index contributed by atoms with van der Waals surface area (Å²) in [5, 5.41) is 0. The van der Waals surface area contributed by atoms with E-state index in [1.54, 1.807) is 0 Å². The normalized spacial score (nSPS) is 55.5. The van der Waals surface area contributed by atoms with Crippen molar-refractivity contribution >= 4 is 0 Å². The Labute approximate surface area is 95.2 Å². The van der Waals surface area contributed by atoms with Gasteiger partial charge in [0.15, 0.2) is 0 Å². The minimum absolute atomic E-state index is 0.304. The van der Waals surface area contributed by atoms with E-state index in [0.717, 1.165) is 38.9 Å². The molecule has 0 radical (unpaired) electrons. The van der Waals surface area contributed by atoms with Crippen LogP contribution < -0.4 is 0 Å². The third-order valence-electron chi connectivity index (χ3n) is 4.13. The Morgan fingerprint density at radius 2 is 0.812 bits per heavy atom. The molecule has 4 heteroatoms. The van der Waals surface area contributed by atoms with Crippen LogP contribution in [0.1, 0.15) is 25.7 Å². The van der Waals surface area contributed by atoms with Gasteiger partial charge in [-0.25, -0.2) is 0 Å². The van der Waals surface area contributed by atoms with Crippen LogP contribution in [0.3, 0.4) is 0 Å². The van der Waals surface area contributed by atoms with Crippen LogP contribution in [0.2, 0.25) is 0 Å². The Hall–Kier alpha value is -0.160. The van der Waals surface area contributed by atoms with Crippen LogP contribution in [0.4, 0.5) is 0 Å². The van der Waals surface area contributed by atoms with Crippen molar-refractivity contribution in [1.29, 1.82) is 0 Å². The lowest BCUT2D eigenvalue weighted by atomic mass is 10.1. The maximum atomic E-state index is 6.03. The van der Waals surface area contributed by atoms with Crippen LogP contribution in [0.5, 0.6) is 0 Å². The van der Waals surface area contributed by atoms with E-state index in [2.05, 4.69) is 0 Å². The van der Waals surface area contributed by atoms with Crippen molar-refractivity contribution < 1.29 is 18.9 Å². The molecule has 0 saturated carbocycles. The van der Waals surface area contributed by atoms with E-state index >= 15 is 0 Å². The van der Waals surface area contributed by atoms with Crippen molar-refractivity contribution in [3.63, 3.8) is 0 Å². The molecule has 0 aromatic heterocycles. The van der Waals surface area contributed by atoms with E-state index < -0.39 is 0 Å². The van der Waals surface area contributed by atoms with Gasteiger partial charge in [-0.05, 0) is 25.7 Å². The molecule has 0 aromatic rings. The average molecular weight is 226 g/mol. The van der Waals surface area contributed by atoms with Crippen molar-refractivity contribution in [2.45, 2.75) is 62.3 Å². The summed E-state index contributed by atoms with van der Waals surface area (Å²) in [4.78, 5) is 0. The summed E-state index contributed by atoms with van der Waals surface area (Å²) in [5.41, 5.74) is 0. The molecule has 4 aliphatic rings. The highest BCUT2D eigenvalue weighted by atomic mass is 16.6. The van der Waals surface area contributed by atoms with Gasteiger partial charge in [-0.2, -0.15) is 0 Å². The first kappa shape index (κ1) is 9.83. The van der Waals surface area contributed by atoms with Crippen molar-refractivity contribution in [1.82, 2.24) is 0 Å². The van der Waals surface area contributed by atoms with E-state index in [1.807, 2.05) is 0 Å². The highest BCUT2D eigenvalue weighted by Gasteiger charge is 2.46. The maximum absolute atomic E-state index is 6.03. The van der Waals surface area contributed by atoms with Gasteiger partial charge >= 0.3 is 0 Å². The molecule has 16 heavy (non-hydrogen) atoms. The Morgan fingerprint density at radius 3 is 1.12 bits per heavy atom. The molecule has 90 valence electrons. The van der Waals surface area contributed by atoms with Crippen LogP contribution in [0, 0.1) is 0 Å². The first-order valence-corrected chi connectivity index (χ1v) is 6.44. The topological polar surface area (TPSA) is 43.5 Å². The van der Waals surface area contributed by atoms with Gasteiger partial charge in [0.1, 0.15) is 12.2 Å². The Morgan fingerprint density at radius 1 is 0.500 bits per heavy atom. The molecule has 0 bridgehead atoms. The first-order valence-electron chi connectivity index (χ1n) is 6.44. The molecule has 0 spiro atoms. The summed E-state index contributed by atoms with van der Waals surface area (Å²) >= 11 is 0. The predicted octanol–water partition coefficient (Wildman–Crippen LogP) is 0.879. The average Bonchev–Trinajstić information content (AvgIpc) is 3.23. The summed E-state index contributed by atoms with van der Waals surface area (Å²) < 4.78 is 22.6. The summed E-state index contributed by atoms with van der Waals surface area (Å²) in [6, 6.07) is 0. The van der Waals surface area contributed by atoms with Crippen LogP contribution in [0.15, 0.2) is 0 Å². The van der Waals surface area contributed by atoms with Crippen molar-refractivity contribution in [2.75, 3.05) is 13.2 Å². The largest absolute Gasteiger partial charge is 0.370 e. The number of rotatable bonds is 3. The fraction of sp³-hybridized carbons (Fsp3) is 1.00. The van der Waals surface area contributed by atoms with Crippen LogP contribution in [0.25, 0.3) is 0 Å². The zero-order valence-corrected chi connectivity index (χ0v) is 9.34. The molecule has 0 amide bonds. The zero-order valence-electron chi connectivity index (χ0n) is 9.34. The minimum Gasteiger partial charge on any atom is -0.370 e. The molecule has 4 nitrogen and oxygen atoms in total. The van der Waals surface area contributed by atoms with Crippen molar-refractivity contribution in [3.05, 3.63) is 0 Å². The molecule has 0 unspecified atom stereocenters. The van der Waals surface area contributed by atoms with E-state index in [1.165, 1.54) is 0 Å². The summed E-state index contributed by atoms with van der Waals surface area (Å²) in [7, 11) is 0. The Balaban J connectivity index is 1.33. The molecule has 0 N–H and O–H groups in total. The van der Waals surface area contributed by atoms with Gasteiger partial charge in [-0.15, -0.1) is 0 Å². The first-order chi connectivity index (χ1) is 7.90. The molecule has 0 aromatic carbocycles. The third kappa shape index (κ3) is 1.78. The maximum Gasteiger partial charge on any atom is 0.107 e. The molecule has 4 fully saturated rings. The van der Waals surface area contributed by atoms with Crippen LogP contribution >= 0.6 is 0 Å². The van der Waals surface area contributed by atoms with Gasteiger partial charge in [-0.3, -0.25) is 0 Å². The van der Waals surface area contributed by atoms with Crippen LogP contribution in [-0.4, -0.2) is 49.8 Å². The van der Waals surface area contributed by atoms with Gasteiger partial charge in [0.2, 0.25) is 0 Å².